The highest BCUT2D eigenvalue weighted by Gasteiger charge is 2.26. The van der Waals surface area contributed by atoms with Crippen molar-refractivity contribution in [3.8, 4) is 6.07 Å². The molecule has 1 amide bonds. The first-order valence-electron chi connectivity index (χ1n) is 12.4. The Labute approximate surface area is 228 Å². The standard InChI is InChI=1S/C26H28BrN7O4/c1-16(2)34-15-18(23-21(34)11-19(27)24(32-23)26-37-9-10-38-26)25(35)31-22-12-20(17(13-28)14-30-22)29-3-4-33-5-7-36-8-6-33/h9-12,14-16,26H,3-8H2,1-2H3,(H2,29,30,31,35). The molecule has 2 aliphatic heterocycles. The molecule has 198 valence electrons. The molecule has 2 aliphatic rings. The molecule has 12 heteroatoms. The largest absolute Gasteiger partial charge is 0.454 e. The normalized spacial score (nSPS) is 15.9. The van der Waals surface area contributed by atoms with Gasteiger partial charge in [-0.1, -0.05) is 0 Å². The van der Waals surface area contributed by atoms with Gasteiger partial charge in [-0.15, -0.1) is 0 Å². The van der Waals surface area contributed by atoms with Crippen LogP contribution in [0.2, 0.25) is 0 Å². The van der Waals surface area contributed by atoms with Gasteiger partial charge in [0.15, 0.2) is 0 Å². The molecule has 0 radical (unpaired) electrons. The molecule has 1 fully saturated rings. The number of carbonyl (C=O) groups is 1. The predicted molar refractivity (Wildman–Crippen MR) is 145 cm³/mol. The first-order chi connectivity index (χ1) is 18.4. The van der Waals surface area contributed by atoms with Gasteiger partial charge in [0.1, 0.15) is 35.6 Å². The van der Waals surface area contributed by atoms with Gasteiger partial charge in [-0.2, -0.15) is 5.26 Å². The smallest absolute Gasteiger partial charge is 0.284 e. The van der Waals surface area contributed by atoms with Gasteiger partial charge in [0.2, 0.25) is 0 Å². The summed E-state index contributed by atoms with van der Waals surface area (Å²) in [7, 11) is 0. The molecule has 5 heterocycles. The summed E-state index contributed by atoms with van der Waals surface area (Å²) < 4.78 is 19.0. The number of aromatic nitrogens is 3. The van der Waals surface area contributed by atoms with E-state index in [4.69, 9.17) is 19.2 Å². The molecular weight excluding hydrogens is 554 g/mol. The highest BCUT2D eigenvalue weighted by molar-refractivity contribution is 9.10. The lowest BCUT2D eigenvalue weighted by Crippen LogP contribution is -2.39. The zero-order valence-electron chi connectivity index (χ0n) is 21.1. The number of hydrogen-bond acceptors (Lipinski definition) is 9. The quantitative estimate of drug-likeness (QED) is 0.403. The number of nitrogens with zero attached hydrogens (tertiary/aromatic N) is 5. The van der Waals surface area contributed by atoms with Crippen molar-refractivity contribution in [2.24, 2.45) is 0 Å². The minimum absolute atomic E-state index is 0.0922. The number of rotatable bonds is 8. The summed E-state index contributed by atoms with van der Waals surface area (Å²) in [5.41, 5.74) is 3.25. The van der Waals surface area contributed by atoms with Crippen LogP contribution in [0.5, 0.6) is 0 Å². The van der Waals surface area contributed by atoms with E-state index in [9.17, 15) is 10.1 Å². The van der Waals surface area contributed by atoms with Gasteiger partial charge in [0.25, 0.3) is 12.2 Å². The predicted octanol–water partition coefficient (Wildman–Crippen LogP) is 4.16. The number of nitrogens with one attached hydrogen (secondary N) is 2. The van der Waals surface area contributed by atoms with Crippen LogP contribution in [0, 0.1) is 11.3 Å². The Balaban J connectivity index is 1.38. The van der Waals surface area contributed by atoms with E-state index in [1.165, 1.54) is 18.7 Å². The molecule has 2 N–H and O–H groups in total. The third-order valence-corrected chi connectivity index (χ3v) is 7.02. The van der Waals surface area contributed by atoms with Crippen molar-refractivity contribution in [3.63, 3.8) is 0 Å². The van der Waals surface area contributed by atoms with Gasteiger partial charge in [-0.25, -0.2) is 9.97 Å². The number of amides is 1. The van der Waals surface area contributed by atoms with Gasteiger partial charge in [0, 0.05) is 55.2 Å². The van der Waals surface area contributed by atoms with Crippen LogP contribution in [0.25, 0.3) is 11.0 Å². The minimum Gasteiger partial charge on any atom is -0.454 e. The summed E-state index contributed by atoms with van der Waals surface area (Å²) in [5, 5.41) is 15.7. The fourth-order valence-corrected chi connectivity index (χ4v) is 4.89. The number of ether oxygens (including phenoxy) is 3. The average molecular weight is 582 g/mol. The molecule has 0 aromatic carbocycles. The number of morpholine rings is 1. The molecule has 0 saturated carbocycles. The van der Waals surface area contributed by atoms with Crippen LogP contribution in [0.3, 0.4) is 0 Å². The SMILES string of the molecule is CC(C)n1cc(C(=O)Nc2cc(NCCN3CCOCC3)c(C#N)cn2)c2nc(C3OC=CO3)c(Br)cc21. The van der Waals surface area contributed by atoms with Crippen molar-refractivity contribution < 1.29 is 19.0 Å². The van der Waals surface area contributed by atoms with Crippen LogP contribution in [0.4, 0.5) is 11.5 Å². The second-order valence-corrected chi connectivity index (χ2v) is 10.1. The highest BCUT2D eigenvalue weighted by atomic mass is 79.9. The molecular formula is C26H28BrN7O4. The highest BCUT2D eigenvalue weighted by Crippen LogP contribution is 2.34. The summed E-state index contributed by atoms with van der Waals surface area (Å²) in [6.45, 7) is 8.77. The van der Waals surface area contributed by atoms with Gasteiger partial charge < -0.3 is 29.4 Å². The molecule has 0 aliphatic carbocycles. The number of pyridine rings is 2. The van der Waals surface area contributed by atoms with Crippen LogP contribution in [0.15, 0.2) is 41.5 Å². The Morgan fingerprint density at radius 1 is 1.26 bits per heavy atom. The summed E-state index contributed by atoms with van der Waals surface area (Å²) in [5.74, 6) is -0.0321. The van der Waals surface area contributed by atoms with Crippen molar-refractivity contribution >= 4 is 44.4 Å². The number of carbonyl (C=O) groups excluding carboxylic acids is 1. The zero-order chi connectivity index (χ0) is 26.6. The first kappa shape index (κ1) is 26.0. The van der Waals surface area contributed by atoms with E-state index in [0.29, 0.717) is 44.9 Å². The van der Waals surface area contributed by atoms with E-state index >= 15 is 0 Å². The second-order valence-electron chi connectivity index (χ2n) is 9.21. The Bertz CT molecular complexity index is 1400. The Morgan fingerprint density at radius 2 is 2.03 bits per heavy atom. The molecule has 1 saturated heterocycles. The van der Waals surface area contributed by atoms with E-state index < -0.39 is 6.29 Å². The van der Waals surface area contributed by atoms with Crippen molar-refractivity contribution in [1.29, 1.82) is 5.26 Å². The average Bonchev–Trinajstić information content (AvgIpc) is 3.57. The van der Waals surface area contributed by atoms with Gasteiger partial charge in [0.05, 0.1) is 35.5 Å². The number of nitriles is 1. The molecule has 3 aromatic rings. The molecule has 3 aromatic heterocycles. The molecule has 5 rings (SSSR count). The van der Waals surface area contributed by atoms with Gasteiger partial charge in [-0.3, -0.25) is 9.69 Å². The Hall–Kier alpha value is -3.66. The lowest BCUT2D eigenvalue weighted by molar-refractivity contribution is -0.0283. The molecule has 0 spiro atoms. The van der Waals surface area contributed by atoms with Gasteiger partial charge in [-0.05, 0) is 35.8 Å². The van der Waals surface area contributed by atoms with E-state index in [2.05, 4.69) is 42.5 Å². The maximum atomic E-state index is 13.5. The van der Waals surface area contributed by atoms with Crippen LogP contribution in [-0.2, 0) is 14.2 Å². The van der Waals surface area contributed by atoms with E-state index in [1.807, 2.05) is 24.5 Å². The Kier molecular flexibility index (Phi) is 7.78. The zero-order valence-corrected chi connectivity index (χ0v) is 22.7. The van der Waals surface area contributed by atoms with Crippen LogP contribution < -0.4 is 10.6 Å². The molecule has 0 atom stereocenters. The molecule has 38 heavy (non-hydrogen) atoms. The summed E-state index contributed by atoms with van der Waals surface area (Å²) in [6, 6.07) is 5.84. The van der Waals surface area contributed by atoms with E-state index in [-0.39, 0.29) is 11.9 Å². The topological polar surface area (TPSA) is 127 Å². The second kappa shape index (κ2) is 11.4. The summed E-state index contributed by atoms with van der Waals surface area (Å²) >= 11 is 3.56. The molecule has 0 unspecified atom stereocenters. The summed E-state index contributed by atoms with van der Waals surface area (Å²) in [4.78, 5) is 24.8. The lowest BCUT2D eigenvalue weighted by atomic mass is 10.2. The van der Waals surface area contributed by atoms with Crippen LogP contribution >= 0.6 is 15.9 Å². The third-order valence-electron chi connectivity index (χ3n) is 6.38. The van der Waals surface area contributed by atoms with Crippen molar-refractivity contribution in [1.82, 2.24) is 19.4 Å². The number of halogens is 1. The van der Waals surface area contributed by atoms with Crippen LogP contribution in [0.1, 0.15) is 47.8 Å². The van der Waals surface area contributed by atoms with E-state index in [0.717, 1.165) is 38.4 Å². The van der Waals surface area contributed by atoms with Gasteiger partial charge >= 0.3 is 0 Å². The molecule has 0 bridgehead atoms. The Morgan fingerprint density at radius 3 is 2.74 bits per heavy atom. The number of hydrogen-bond donors (Lipinski definition) is 2. The van der Waals surface area contributed by atoms with E-state index in [1.54, 1.807) is 12.3 Å². The number of anilines is 2. The first-order valence-corrected chi connectivity index (χ1v) is 13.2. The van der Waals surface area contributed by atoms with Crippen molar-refractivity contribution in [2.75, 3.05) is 50.0 Å². The minimum atomic E-state index is -0.696. The van der Waals surface area contributed by atoms with Crippen molar-refractivity contribution in [3.05, 3.63) is 58.3 Å². The van der Waals surface area contributed by atoms with Crippen molar-refractivity contribution in [2.45, 2.75) is 26.2 Å². The van der Waals surface area contributed by atoms with Crippen LogP contribution in [-0.4, -0.2) is 64.7 Å². The lowest BCUT2D eigenvalue weighted by Gasteiger charge is -2.26. The fraction of sp³-hybridized carbons (Fsp3) is 0.385. The third kappa shape index (κ3) is 5.45. The fourth-order valence-electron chi connectivity index (χ4n) is 4.40. The maximum Gasteiger partial charge on any atom is 0.284 e. The maximum absolute atomic E-state index is 13.5. The molecule has 11 nitrogen and oxygen atoms in total. The monoisotopic (exact) mass is 581 g/mol. The number of fused-ring (bicyclic) bond motifs is 1. The summed E-state index contributed by atoms with van der Waals surface area (Å²) in [6.07, 6.45) is 5.46.